The van der Waals surface area contributed by atoms with Crippen LogP contribution in [0.1, 0.15) is 23.7 Å². The first-order chi connectivity index (χ1) is 9.20. The van der Waals surface area contributed by atoms with Crippen LogP contribution in [-0.2, 0) is 19.5 Å². The van der Waals surface area contributed by atoms with Crippen LogP contribution >= 0.6 is 0 Å². The Kier molecular flexibility index (Phi) is 4.68. The third-order valence-corrected chi connectivity index (χ3v) is 3.32. The van der Waals surface area contributed by atoms with E-state index in [-0.39, 0.29) is 5.82 Å². The SMILES string of the molecule is CCn1cncc1CNCCc1ccc(F)cc1C. The van der Waals surface area contributed by atoms with E-state index in [9.17, 15) is 4.39 Å². The van der Waals surface area contributed by atoms with E-state index < -0.39 is 0 Å². The summed E-state index contributed by atoms with van der Waals surface area (Å²) in [6.07, 6.45) is 4.65. The van der Waals surface area contributed by atoms with Crippen molar-refractivity contribution in [3.8, 4) is 0 Å². The molecule has 102 valence electrons. The Labute approximate surface area is 113 Å². The number of nitrogens with one attached hydrogen (secondary N) is 1. The first kappa shape index (κ1) is 13.7. The van der Waals surface area contributed by atoms with Crippen molar-refractivity contribution in [1.82, 2.24) is 14.9 Å². The summed E-state index contributed by atoms with van der Waals surface area (Å²) in [5.74, 6) is -0.166. The maximum Gasteiger partial charge on any atom is 0.123 e. The Balaban J connectivity index is 1.81. The number of benzene rings is 1. The smallest absolute Gasteiger partial charge is 0.123 e. The van der Waals surface area contributed by atoms with Crippen LogP contribution in [0.15, 0.2) is 30.7 Å². The molecule has 1 N–H and O–H groups in total. The van der Waals surface area contributed by atoms with E-state index in [4.69, 9.17) is 0 Å². The number of aryl methyl sites for hydroxylation is 2. The van der Waals surface area contributed by atoms with Gasteiger partial charge in [0.15, 0.2) is 0 Å². The first-order valence-corrected chi connectivity index (χ1v) is 6.65. The van der Waals surface area contributed by atoms with E-state index in [1.807, 2.05) is 25.5 Å². The molecule has 0 fully saturated rings. The Morgan fingerprint density at radius 1 is 1.37 bits per heavy atom. The standard InChI is InChI=1S/C15H20FN3/c1-3-19-11-18-10-15(19)9-17-7-6-13-4-5-14(16)8-12(13)2/h4-5,8,10-11,17H,3,6-7,9H2,1-2H3. The largest absolute Gasteiger partial charge is 0.334 e. The monoisotopic (exact) mass is 261 g/mol. The fraction of sp³-hybridized carbons (Fsp3) is 0.400. The molecule has 1 heterocycles. The molecule has 19 heavy (non-hydrogen) atoms. The zero-order valence-corrected chi connectivity index (χ0v) is 11.5. The van der Waals surface area contributed by atoms with Gasteiger partial charge in [-0.1, -0.05) is 6.07 Å². The third kappa shape index (κ3) is 3.64. The van der Waals surface area contributed by atoms with Gasteiger partial charge < -0.3 is 9.88 Å². The van der Waals surface area contributed by atoms with Gasteiger partial charge in [0.05, 0.1) is 12.0 Å². The van der Waals surface area contributed by atoms with E-state index in [1.54, 1.807) is 6.07 Å². The number of halogens is 1. The summed E-state index contributed by atoms with van der Waals surface area (Å²) < 4.78 is 15.1. The quantitative estimate of drug-likeness (QED) is 0.810. The average Bonchev–Trinajstić information content (AvgIpc) is 2.84. The minimum Gasteiger partial charge on any atom is -0.334 e. The average molecular weight is 261 g/mol. The van der Waals surface area contributed by atoms with Crippen molar-refractivity contribution < 1.29 is 4.39 Å². The van der Waals surface area contributed by atoms with Crippen molar-refractivity contribution in [1.29, 1.82) is 0 Å². The first-order valence-electron chi connectivity index (χ1n) is 6.65. The van der Waals surface area contributed by atoms with Gasteiger partial charge in [-0.15, -0.1) is 0 Å². The van der Waals surface area contributed by atoms with Crippen LogP contribution in [0.25, 0.3) is 0 Å². The lowest BCUT2D eigenvalue weighted by atomic mass is 10.1. The second-order valence-electron chi connectivity index (χ2n) is 4.67. The van der Waals surface area contributed by atoms with E-state index in [2.05, 4.69) is 21.8 Å². The van der Waals surface area contributed by atoms with E-state index in [0.29, 0.717) is 0 Å². The molecule has 0 spiro atoms. The van der Waals surface area contributed by atoms with Crippen LogP contribution in [-0.4, -0.2) is 16.1 Å². The van der Waals surface area contributed by atoms with Crippen molar-refractivity contribution in [2.75, 3.05) is 6.54 Å². The molecule has 0 aliphatic heterocycles. The Bertz CT molecular complexity index is 534. The van der Waals surface area contributed by atoms with Crippen molar-refractivity contribution in [3.63, 3.8) is 0 Å². The van der Waals surface area contributed by atoms with Gasteiger partial charge in [-0.3, -0.25) is 0 Å². The number of hydrogen-bond acceptors (Lipinski definition) is 2. The molecule has 2 rings (SSSR count). The van der Waals surface area contributed by atoms with Gasteiger partial charge >= 0.3 is 0 Å². The molecular weight excluding hydrogens is 241 g/mol. The number of rotatable bonds is 6. The topological polar surface area (TPSA) is 29.9 Å². The van der Waals surface area contributed by atoms with Crippen LogP contribution in [0.3, 0.4) is 0 Å². The van der Waals surface area contributed by atoms with Crippen molar-refractivity contribution in [2.45, 2.75) is 33.4 Å². The summed E-state index contributed by atoms with van der Waals surface area (Å²) in [6.45, 7) is 6.68. The van der Waals surface area contributed by atoms with Gasteiger partial charge in [0.2, 0.25) is 0 Å². The molecule has 0 saturated heterocycles. The van der Waals surface area contributed by atoms with Crippen LogP contribution < -0.4 is 5.32 Å². The lowest BCUT2D eigenvalue weighted by Crippen LogP contribution is -2.19. The van der Waals surface area contributed by atoms with Crippen molar-refractivity contribution in [2.24, 2.45) is 0 Å². The summed E-state index contributed by atoms with van der Waals surface area (Å²) in [5, 5.41) is 3.40. The molecule has 1 aromatic heterocycles. The minimum atomic E-state index is -0.166. The molecule has 0 aliphatic rings. The molecule has 0 radical (unpaired) electrons. The number of imidazole rings is 1. The fourth-order valence-electron chi connectivity index (χ4n) is 2.16. The second kappa shape index (κ2) is 6.48. The van der Waals surface area contributed by atoms with Crippen LogP contribution in [0.4, 0.5) is 4.39 Å². The van der Waals surface area contributed by atoms with Crippen molar-refractivity contribution in [3.05, 3.63) is 53.4 Å². The highest BCUT2D eigenvalue weighted by molar-refractivity contribution is 5.26. The van der Waals surface area contributed by atoms with Gasteiger partial charge in [-0.05, 0) is 50.1 Å². The predicted octanol–water partition coefficient (Wildman–Crippen LogP) is 2.68. The van der Waals surface area contributed by atoms with E-state index in [1.165, 1.54) is 17.3 Å². The van der Waals surface area contributed by atoms with E-state index in [0.717, 1.165) is 31.6 Å². The van der Waals surface area contributed by atoms with Gasteiger partial charge in [0.25, 0.3) is 0 Å². The highest BCUT2D eigenvalue weighted by atomic mass is 19.1. The van der Waals surface area contributed by atoms with Gasteiger partial charge in [0, 0.05) is 19.3 Å². The molecule has 0 bridgehead atoms. The highest BCUT2D eigenvalue weighted by Crippen LogP contribution is 2.10. The number of hydrogen-bond donors (Lipinski definition) is 1. The van der Waals surface area contributed by atoms with Gasteiger partial charge in [-0.2, -0.15) is 0 Å². The molecule has 1 aromatic carbocycles. The molecule has 2 aromatic rings. The Hall–Kier alpha value is -1.68. The predicted molar refractivity (Wildman–Crippen MR) is 74.4 cm³/mol. The zero-order chi connectivity index (χ0) is 13.7. The minimum absolute atomic E-state index is 0.166. The Morgan fingerprint density at radius 2 is 2.21 bits per heavy atom. The normalized spacial score (nSPS) is 10.9. The lowest BCUT2D eigenvalue weighted by Gasteiger charge is -2.09. The second-order valence-corrected chi connectivity index (χ2v) is 4.67. The summed E-state index contributed by atoms with van der Waals surface area (Å²) in [6, 6.07) is 4.97. The highest BCUT2D eigenvalue weighted by Gasteiger charge is 2.02. The molecule has 0 aliphatic carbocycles. The van der Waals surface area contributed by atoms with Crippen molar-refractivity contribution >= 4 is 0 Å². The summed E-state index contributed by atoms with van der Waals surface area (Å²) in [5.41, 5.74) is 3.40. The third-order valence-electron chi connectivity index (χ3n) is 3.32. The zero-order valence-electron chi connectivity index (χ0n) is 11.5. The molecular formula is C15H20FN3. The molecule has 0 amide bonds. The van der Waals surface area contributed by atoms with Gasteiger partial charge in [-0.25, -0.2) is 9.37 Å². The summed E-state index contributed by atoms with van der Waals surface area (Å²) in [7, 11) is 0. The molecule has 4 heteroatoms. The molecule has 3 nitrogen and oxygen atoms in total. The summed E-state index contributed by atoms with van der Waals surface area (Å²) in [4.78, 5) is 4.13. The van der Waals surface area contributed by atoms with E-state index >= 15 is 0 Å². The van der Waals surface area contributed by atoms with Gasteiger partial charge in [0.1, 0.15) is 5.82 Å². The fourth-order valence-corrected chi connectivity index (χ4v) is 2.16. The Morgan fingerprint density at radius 3 is 2.95 bits per heavy atom. The molecule has 0 saturated carbocycles. The number of nitrogens with zero attached hydrogens (tertiary/aromatic N) is 2. The maximum atomic E-state index is 13.0. The van der Waals surface area contributed by atoms with Crippen LogP contribution in [0, 0.1) is 12.7 Å². The molecule has 0 unspecified atom stereocenters. The molecule has 0 atom stereocenters. The van der Waals surface area contributed by atoms with Crippen LogP contribution in [0.5, 0.6) is 0 Å². The summed E-state index contributed by atoms with van der Waals surface area (Å²) >= 11 is 0. The van der Waals surface area contributed by atoms with Crippen LogP contribution in [0.2, 0.25) is 0 Å². The number of aromatic nitrogens is 2. The maximum absolute atomic E-state index is 13.0. The lowest BCUT2D eigenvalue weighted by molar-refractivity contribution is 0.619.